The summed E-state index contributed by atoms with van der Waals surface area (Å²) >= 11 is 0. The number of ketones is 1. The molecule has 1 saturated carbocycles. The van der Waals surface area contributed by atoms with E-state index >= 15 is 0 Å². The molecule has 0 amide bonds. The van der Waals surface area contributed by atoms with Crippen LogP contribution < -0.4 is 0 Å². The summed E-state index contributed by atoms with van der Waals surface area (Å²) in [6.45, 7) is 0. The molecule has 1 heterocycles. The molecule has 0 spiro atoms. The van der Waals surface area contributed by atoms with Crippen LogP contribution in [0.2, 0.25) is 0 Å². The maximum Gasteiger partial charge on any atom is 0.168 e. The van der Waals surface area contributed by atoms with Crippen LogP contribution >= 0.6 is 0 Å². The van der Waals surface area contributed by atoms with Crippen molar-refractivity contribution in [2.45, 2.75) is 25.7 Å². The number of aromatic amines is 1. The van der Waals surface area contributed by atoms with E-state index in [9.17, 15) is 4.79 Å². The molecule has 0 bridgehead atoms. The van der Waals surface area contributed by atoms with E-state index in [2.05, 4.69) is 11.1 Å². The topological polar surface area (TPSA) is 56.6 Å². The molecule has 1 fully saturated rings. The minimum atomic E-state index is 0.194. The molecule has 3 heteroatoms. The van der Waals surface area contributed by atoms with Crippen molar-refractivity contribution in [3.05, 3.63) is 35.5 Å². The van der Waals surface area contributed by atoms with Gasteiger partial charge in [0.1, 0.15) is 0 Å². The number of aromatic nitrogens is 1. The number of fused-ring (bicyclic) bond motifs is 1. The van der Waals surface area contributed by atoms with Gasteiger partial charge in [0.15, 0.2) is 5.78 Å². The van der Waals surface area contributed by atoms with E-state index in [4.69, 9.17) is 5.26 Å². The highest BCUT2D eigenvalue weighted by atomic mass is 16.1. The minimum Gasteiger partial charge on any atom is -0.360 e. The van der Waals surface area contributed by atoms with Crippen molar-refractivity contribution in [1.29, 1.82) is 5.26 Å². The van der Waals surface area contributed by atoms with E-state index in [1.165, 1.54) is 0 Å². The van der Waals surface area contributed by atoms with Crippen LogP contribution in [0.5, 0.6) is 0 Å². The van der Waals surface area contributed by atoms with Gasteiger partial charge in [-0.15, -0.1) is 0 Å². The highest BCUT2D eigenvalue weighted by Gasteiger charge is 2.25. The van der Waals surface area contributed by atoms with E-state index in [1.807, 2.05) is 6.07 Å². The Morgan fingerprint density at radius 3 is 2.83 bits per heavy atom. The van der Waals surface area contributed by atoms with Crippen molar-refractivity contribution in [2.24, 2.45) is 5.92 Å². The van der Waals surface area contributed by atoms with Crippen molar-refractivity contribution in [3.8, 4) is 6.07 Å². The maximum absolute atomic E-state index is 12.4. The van der Waals surface area contributed by atoms with Gasteiger partial charge >= 0.3 is 0 Å². The summed E-state index contributed by atoms with van der Waals surface area (Å²) in [5.74, 6) is 0.447. The first-order valence-corrected chi connectivity index (χ1v) is 6.35. The summed E-state index contributed by atoms with van der Waals surface area (Å²) in [5.41, 5.74) is 2.26. The molecule has 18 heavy (non-hydrogen) atoms. The molecule has 0 unspecified atom stereocenters. The number of carbonyl (C=O) groups is 1. The summed E-state index contributed by atoms with van der Waals surface area (Å²) in [7, 11) is 0. The normalized spacial score (nSPS) is 15.9. The highest BCUT2D eigenvalue weighted by molar-refractivity contribution is 6.09. The fourth-order valence-corrected chi connectivity index (χ4v) is 2.81. The van der Waals surface area contributed by atoms with Crippen LogP contribution in [0, 0.1) is 17.2 Å². The zero-order valence-electron chi connectivity index (χ0n) is 10.1. The molecule has 2 aromatic rings. The number of carbonyl (C=O) groups excluding carboxylic acids is 1. The third-order valence-corrected chi connectivity index (χ3v) is 3.80. The standard InChI is InChI=1S/C15H14N2O/c16-8-10-5-6-12-13(9-17-14(12)7-10)15(18)11-3-1-2-4-11/h5-7,9,11,17H,1-4H2. The smallest absolute Gasteiger partial charge is 0.168 e. The summed E-state index contributed by atoms with van der Waals surface area (Å²) < 4.78 is 0. The van der Waals surface area contributed by atoms with Crippen LogP contribution in [-0.4, -0.2) is 10.8 Å². The fraction of sp³-hybridized carbons (Fsp3) is 0.333. The zero-order valence-corrected chi connectivity index (χ0v) is 10.1. The van der Waals surface area contributed by atoms with E-state index < -0.39 is 0 Å². The summed E-state index contributed by atoms with van der Waals surface area (Å²) in [4.78, 5) is 15.5. The molecule has 0 saturated heterocycles. The molecule has 1 aliphatic carbocycles. The van der Waals surface area contributed by atoms with Crippen LogP contribution in [-0.2, 0) is 0 Å². The Morgan fingerprint density at radius 1 is 1.33 bits per heavy atom. The Balaban J connectivity index is 2.02. The molecular weight excluding hydrogens is 224 g/mol. The molecule has 0 aliphatic heterocycles. The number of H-pyrrole nitrogens is 1. The first kappa shape index (κ1) is 11.0. The van der Waals surface area contributed by atoms with Crippen LogP contribution in [0.15, 0.2) is 24.4 Å². The number of hydrogen-bond donors (Lipinski definition) is 1. The lowest BCUT2D eigenvalue weighted by atomic mass is 9.96. The third-order valence-electron chi connectivity index (χ3n) is 3.80. The van der Waals surface area contributed by atoms with Crippen molar-refractivity contribution >= 4 is 16.7 Å². The molecule has 1 aromatic heterocycles. The number of nitrogens with zero attached hydrogens (tertiary/aromatic N) is 1. The second-order valence-electron chi connectivity index (χ2n) is 4.92. The maximum atomic E-state index is 12.4. The Hall–Kier alpha value is -2.08. The van der Waals surface area contributed by atoms with Crippen molar-refractivity contribution in [2.75, 3.05) is 0 Å². The van der Waals surface area contributed by atoms with Crippen LogP contribution in [0.3, 0.4) is 0 Å². The van der Waals surface area contributed by atoms with Crippen molar-refractivity contribution < 1.29 is 4.79 Å². The van der Waals surface area contributed by atoms with Gasteiger partial charge < -0.3 is 4.98 Å². The van der Waals surface area contributed by atoms with E-state index in [1.54, 1.807) is 18.3 Å². The van der Waals surface area contributed by atoms with Crippen LogP contribution in [0.1, 0.15) is 41.6 Å². The first-order valence-electron chi connectivity index (χ1n) is 6.35. The second-order valence-corrected chi connectivity index (χ2v) is 4.92. The van der Waals surface area contributed by atoms with Gasteiger partial charge in [0.25, 0.3) is 0 Å². The Labute approximate surface area is 105 Å². The highest BCUT2D eigenvalue weighted by Crippen LogP contribution is 2.30. The SMILES string of the molecule is N#Cc1ccc2c(C(=O)C3CCCC3)c[nH]c2c1. The Kier molecular flexibility index (Phi) is 2.64. The number of nitriles is 1. The number of Topliss-reactive ketones (excluding diaryl/α,β-unsaturated/α-hetero) is 1. The fourth-order valence-electron chi connectivity index (χ4n) is 2.81. The van der Waals surface area contributed by atoms with Gasteiger partial charge in [-0.3, -0.25) is 4.79 Å². The van der Waals surface area contributed by atoms with Gasteiger partial charge in [0.2, 0.25) is 0 Å². The van der Waals surface area contributed by atoms with E-state index in [-0.39, 0.29) is 11.7 Å². The van der Waals surface area contributed by atoms with Gasteiger partial charge in [-0.1, -0.05) is 18.9 Å². The number of benzene rings is 1. The van der Waals surface area contributed by atoms with Crippen LogP contribution in [0.25, 0.3) is 10.9 Å². The van der Waals surface area contributed by atoms with E-state index in [0.717, 1.165) is 42.1 Å². The molecule has 0 radical (unpaired) electrons. The molecule has 1 aliphatic rings. The molecule has 90 valence electrons. The molecule has 3 nitrogen and oxygen atoms in total. The summed E-state index contributed by atoms with van der Waals surface area (Å²) in [6.07, 6.45) is 6.14. The average Bonchev–Trinajstić information content (AvgIpc) is 3.06. The Bertz CT molecular complexity index is 642. The quantitative estimate of drug-likeness (QED) is 0.815. The van der Waals surface area contributed by atoms with Crippen LogP contribution in [0.4, 0.5) is 0 Å². The number of rotatable bonds is 2. The van der Waals surface area contributed by atoms with Gasteiger partial charge in [0, 0.05) is 28.6 Å². The van der Waals surface area contributed by atoms with Crippen molar-refractivity contribution in [1.82, 2.24) is 4.98 Å². The molecule has 1 N–H and O–H groups in total. The predicted octanol–water partition coefficient (Wildman–Crippen LogP) is 3.41. The molecule has 3 rings (SSSR count). The lowest BCUT2D eigenvalue weighted by Gasteiger charge is -2.06. The Morgan fingerprint density at radius 2 is 2.11 bits per heavy atom. The summed E-state index contributed by atoms with van der Waals surface area (Å²) in [6, 6.07) is 7.53. The van der Waals surface area contributed by atoms with E-state index in [0.29, 0.717) is 5.56 Å². The summed E-state index contributed by atoms with van der Waals surface area (Å²) in [5, 5.41) is 9.79. The third kappa shape index (κ3) is 1.70. The average molecular weight is 238 g/mol. The van der Waals surface area contributed by atoms with Gasteiger partial charge in [-0.05, 0) is 25.0 Å². The molecular formula is C15H14N2O. The van der Waals surface area contributed by atoms with Crippen molar-refractivity contribution in [3.63, 3.8) is 0 Å². The predicted molar refractivity (Wildman–Crippen MR) is 69.3 cm³/mol. The number of hydrogen-bond acceptors (Lipinski definition) is 2. The number of nitrogens with one attached hydrogen (secondary N) is 1. The van der Waals surface area contributed by atoms with Gasteiger partial charge in [0.05, 0.1) is 11.6 Å². The zero-order chi connectivity index (χ0) is 12.5. The van der Waals surface area contributed by atoms with Gasteiger partial charge in [-0.25, -0.2) is 0 Å². The molecule has 1 aromatic carbocycles. The first-order chi connectivity index (χ1) is 8.79. The largest absolute Gasteiger partial charge is 0.360 e. The lowest BCUT2D eigenvalue weighted by Crippen LogP contribution is -2.10. The molecule has 0 atom stereocenters. The second kappa shape index (κ2) is 4.30. The minimum absolute atomic E-state index is 0.194. The monoisotopic (exact) mass is 238 g/mol. The van der Waals surface area contributed by atoms with Gasteiger partial charge in [-0.2, -0.15) is 5.26 Å². The lowest BCUT2D eigenvalue weighted by molar-refractivity contribution is 0.0924.